The van der Waals surface area contributed by atoms with Crippen LogP contribution in [0.4, 0.5) is 15.2 Å². The number of nitrogens with one attached hydrogen (secondary N) is 1. The Morgan fingerprint density at radius 3 is 2.74 bits per heavy atom. The van der Waals surface area contributed by atoms with Gasteiger partial charge in [-0.1, -0.05) is 12.1 Å². The standard InChI is InChI=1S/C23H26FN5O4S2/c1-22(2,31)13-3-4-14(16(24)9-13)17-10-15(20(25)30)21(35-17)28-18-5-6-26-19(27-18)11-29-7-8-34-12-23(29,32)33/h3-6,9-10,31-33H,7-8,11-12H2,1-2H3,(H2,25,30)(H,26,27,28). The third-order valence-corrected chi connectivity index (χ3v) is 7.67. The maximum Gasteiger partial charge on any atom is 0.251 e. The largest absolute Gasteiger partial charge is 0.386 e. The first-order valence-electron chi connectivity index (χ1n) is 10.8. The van der Waals surface area contributed by atoms with Gasteiger partial charge >= 0.3 is 0 Å². The summed E-state index contributed by atoms with van der Waals surface area (Å²) in [6.45, 7) is 3.74. The van der Waals surface area contributed by atoms with Crippen LogP contribution in [0.3, 0.4) is 0 Å². The summed E-state index contributed by atoms with van der Waals surface area (Å²) in [5, 5.41) is 34.0. The van der Waals surface area contributed by atoms with E-state index >= 15 is 0 Å². The Morgan fingerprint density at radius 2 is 2.09 bits per heavy atom. The number of nitrogens with two attached hydrogens (primary N) is 1. The van der Waals surface area contributed by atoms with Gasteiger partial charge in [0.15, 0.2) is 0 Å². The summed E-state index contributed by atoms with van der Waals surface area (Å²) in [4.78, 5) is 22.7. The lowest BCUT2D eigenvalue weighted by Gasteiger charge is -2.37. The maximum absolute atomic E-state index is 14.9. The number of hydrogen-bond acceptors (Lipinski definition) is 10. The Bertz CT molecular complexity index is 1240. The van der Waals surface area contributed by atoms with Gasteiger partial charge in [0, 0.05) is 28.9 Å². The van der Waals surface area contributed by atoms with E-state index in [4.69, 9.17) is 5.73 Å². The number of aromatic nitrogens is 2. The number of carbonyl (C=O) groups is 1. The van der Waals surface area contributed by atoms with Gasteiger partial charge in [0.2, 0.25) is 5.91 Å². The van der Waals surface area contributed by atoms with Crippen molar-refractivity contribution in [2.75, 3.05) is 23.4 Å². The molecule has 1 aliphatic heterocycles. The number of aliphatic hydroxyl groups is 3. The highest BCUT2D eigenvalue weighted by atomic mass is 32.2. The molecule has 0 unspecified atom stereocenters. The number of nitrogens with zero attached hydrogens (tertiary/aromatic N) is 3. The zero-order valence-corrected chi connectivity index (χ0v) is 20.8. The minimum Gasteiger partial charge on any atom is -0.386 e. The van der Waals surface area contributed by atoms with E-state index in [1.165, 1.54) is 35.0 Å². The highest BCUT2D eigenvalue weighted by molar-refractivity contribution is 7.99. The number of rotatable bonds is 7. The van der Waals surface area contributed by atoms with Crippen molar-refractivity contribution >= 4 is 39.8 Å². The van der Waals surface area contributed by atoms with Crippen LogP contribution in [-0.2, 0) is 12.1 Å². The van der Waals surface area contributed by atoms with Crippen LogP contribution in [0.2, 0.25) is 0 Å². The molecule has 2 aromatic heterocycles. The zero-order valence-electron chi connectivity index (χ0n) is 19.2. The highest BCUT2D eigenvalue weighted by Crippen LogP contribution is 2.38. The summed E-state index contributed by atoms with van der Waals surface area (Å²) >= 11 is 2.59. The molecule has 0 spiro atoms. The number of benzene rings is 1. The van der Waals surface area contributed by atoms with E-state index in [-0.39, 0.29) is 23.4 Å². The summed E-state index contributed by atoms with van der Waals surface area (Å²) < 4.78 is 14.9. The molecule has 6 N–H and O–H groups in total. The minimum atomic E-state index is -1.94. The Hall–Kier alpha value is -2.61. The van der Waals surface area contributed by atoms with Crippen molar-refractivity contribution < 1.29 is 24.5 Å². The van der Waals surface area contributed by atoms with Gasteiger partial charge in [-0.05, 0) is 37.6 Å². The number of thioether (sulfide) groups is 1. The van der Waals surface area contributed by atoms with Gasteiger partial charge < -0.3 is 26.4 Å². The predicted molar refractivity (Wildman–Crippen MR) is 134 cm³/mol. The van der Waals surface area contributed by atoms with E-state index in [9.17, 15) is 24.5 Å². The molecule has 1 amide bonds. The molecule has 4 rings (SSSR count). The normalized spacial score (nSPS) is 16.3. The van der Waals surface area contributed by atoms with Crippen molar-refractivity contribution in [3.8, 4) is 10.4 Å². The molecular formula is C23H26FN5O4S2. The first-order valence-corrected chi connectivity index (χ1v) is 12.7. The van der Waals surface area contributed by atoms with Crippen LogP contribution in [0, 0.1) is 5.82 Å². The fourth-order valence-electron chi connectivity index (χ4n) is 3.59. The van der Waals surface area contributed by atoms with E-state index in [1.807, 2.05) is 0 Å². The van der Waals surface area contributed by atoms with Gasteiger partial charge in [0.25, 0.3) is 5.91 Å². The average Bonchev–Trinajstić information content (AvgIpc) is 3.18. The lowest BCUT2D eigenvalue weighted by atomic mass is 9.96. The summed E-state index contributed by atoms with van der Waals surface area (Å²) in [6, 6.07) is 7.57. The van der Waals surface area contributed by atoms with Gasteiger partial charge in [0.05, 0.1) is 23.5 Å². The first-order chi connectivity index (χ1) is 16.4. The van der Waals surface area contributed by atoms with Crippen molar-refractivity contribution in [3.05, 3.63) is 59.3 Å². The number of primary amides is 1. The lowest BCUT2D eigenvalue weighted by molar-refractivity contribution is -0.251. The summed E-state index contributed by atoms with van der Waals surface area (Å²) in [6.07, 6.45) is 1.52. The van der Waals surface area contributed by atoms with E-state index < -0.39 is 23.2 Å². The second-order valence-corrected chi connectivity index (χ2v) is 10.9. The van der Waals surface area contributed by atoms with Crippen LogP contribution < -0.4 is 11.1 Å². The molecule has 0 radical (unpaired) electrons. The number of thiophene rings is 1. The maximum atomic E-state index is 14.9. The zero-order chi connectivity index (χ0) is 25.4. The van der Waals surface area contributed by atoms with Crippen LogP contribution in [0.1, 0.15) is 35.6 Å². The third-order valence-electron chi connectivity index (χ3n) is 5.53. The number of anilines is 2. The SMILES string of the molecule is CC(C)(O)c1ccc(-c2cc(C(N)=O)c(Nc3ccnc(CN4CCSCC4(O)O)n3)s2)c(F)c1. The van der Waals surface area contributed by atoms with Crippen LogP contribution in [0.25, 0.3) is 10.4 Å². The van der Waals surface area contributed by atoms with Crippen LogP contribution in [0.5, 0.6) is 0 Å². The van der Waals surface area contributed by atoms with Crippen LogP contribution >= 0.6 is 23.1 Å². The van der Waals surface area contributed by atoms with Crippen molar-refractivity contribution in [1.29, 1.82) is 0 Å². The minimum absolute atomic E-state index is 0.125. The molecule has 0 saturated carbocycles. The van der Waals surface area contributed by atoms with Crippen molar-refractivity contribution in [1.82, 2.24) is 14.9 Å². The van der Waals surface area contributed by atoms with Gasteiger partial charge in [-0.15, -0.1) is 11.3 Å². The second-order valence-electron chi connectivity index (χ2n) is 8.70. The number of carbonyl (C=O) groups excluding carboxylic acids is 1. The molecule has 35 heavy (non-hydrogen) atoms. The smallest absolute Gasteiger partial charge is 0.251 e. The Kier molecular flexibility index (Phi) is 7.13. The molecule has 1 fully saturated rings. The van der Waals surface area contributed by atoms with Gasteiger partial charge in [-0.2, -0.15) is 11.8 Å². The van der Waals surface area contributed by atoms with Crippen LogP contribution in [-0.4, -0.2) is 60.1 Å². The molecule has 0 bridgehead atoms. The van der Waals surface area contributed by atoms with Crippen molar-refractivity contribution in [3.63, 3.8) is 0 Å². The highest BCUT2D eigenvalue weighted by Gasteiger charge is 2.35. The van der Waals surface area contributed by atoms with E-state index in [0.717, 1.165) is 17.1 Å². The number of hydrogen-bond donors (Lipinski definition) is 5. The molecule has 1 saturated heterocycles. The summed E-state index contributed by atoms with van der Waals surface area (Å²) in [5.41, 5.74) is 5.25. The molecule has 3 heterocycles. The first kappa shape index (κ1) is 25.5. The molecule has 12 heteroatoms. The third kappa shape index (κ3) is 5.80. The van der Waals surface area contributed by atoms with E-state index in [1.54, 1.807) is 32.0 Å². The van der Waals surface area contributed by atoms with Crippen molar-refractivity contribution in [2.24, 2.45) is 5.73 Å². The number of amides is 1. The lowest BCUT2D eigenvalue weighted by Crippen LogP contribution is -2.54. The van der Waals surface area contributed by atoms with Gasteiger partial charge in [-0.25, -0.2) is 19.3 Å². The van der Waals surface area contributed by atoms with Crippen LogP contribution in [0.15, 0.2) is 36.5 Å². The predicted octanol–water partition coefficient (Wildman–Crippen LogP) is 2.60. The molecule has 0 aliphatic carbocycles. The van der Waals surface area contributed by atoms with Crippen molar-refractivity contribution in [2.45, 2.75) is 31.9 Å². The monoisotopic (exact) mass is 519 g/mol. The fraction of sp³-hybridized carbons (Fsp3) is 0.348. The number of halogens is 1. The average molecular weight is 520 g/mol. The fourth-order valence-corrected chi connectivity index (χ4v) is 5.63. The quantitative estimate of drug-likeness (QED) is 0.297. The molecule has 1 aliphatic rings. The Morgan fingerprint density at radius 1 is 1.31 bits per heavy atom. The summed E-state index contributed by atoms with van der Waals surface area (Å²) in [7, 11) is 0. The van der Waals surface area contributed by atoms with Gasteiger partial charge in [0.1, 0.15) is 22.5 Å². The Balaban J connectivity index is 1.60. The summed E-state index contributed by atoms with van der Waals surface area (Å²) in [5.74, 6) is -1.51. The molecule has 1 aromatic carbocycles. The van der Waals surface area contributed by atoms with E-state index in [0.29, 0.717) is 33.6 Å². The van der Waals surface area contributed by atoms with Gasteiger partial charge in [-0.3, -0.25) is 4.79 Å². The molecule has 3 aromatic rings. The molecule has 9 nitrogen and oxygen atoms in total. The second kappa shape index (κ2) is 9.80. The van der Waals surface area contributed by atoms with E-state index in [2.05, 4.69) is 15.3 Å². The Labute approximate surface area is 209 Å². The molecule has 0 atom stereocenters. The topological polar surface area (TPSA) is 145 Å². The molecular weight excluding hydrogens is 493 g/mol. The molecule has 186 valence electrons.